The zero-order chi connectivity index (χ0) is 27.4. The van der Waals surface area contributed by atoms with Crippen molar-refractivity contribution in [2.75, 3.05) is 18.1 Å². The van der Waals surface area contributed by atoms with E-state index in [9.17, 15) is 40.5 Å². The molecule has 0 saturated carbocycles. The maximum absolute atomic E-state index is 13.0. The average Bonchev–Trinajstić information content (AvgIpc) is 3.10. The van der Waals surface area contributed by atoms with Gasteiger partial charge in [-0.2, -0.15) is 4.98 Å². The van der Waals surface area contributed by atoms with Crippen LogP contribution in [-0.4, -0.2) is 76.3 Å². The molecule has 3 aromatic rings. The molecule has 7 N–H and O–H groups in total. The Morgan fingerprint density at radius 1 is 1.05 bits per heavy atom. The van der Waals surface area contributed by atoms with Crippen molar-refractivity contribution in [1.82, 2.24) is 9.55 Å². The van der Waals surface area contributed by atoms with E-state index in [0.717, 1.165) is 15.7 Å². The van der Waals surface area contributed by atoms with E-state index in [0.29, 0.717) is 24.3 Å². The molecule has 5 atom stereocenters. The third kappa shape index (κ3) is 4.41. The van der Waals surface area contributed by atoms with E-state index in [1.165, 1.54) is 37.4 Å². The Hall–Kier alpha value is -3.84. The monoisotopic (exact) mass is 527 g/mol. The lowest BCUT2D eigenvalue weighted by Gasteiger charge is -2.36. The summed E-state index contributed by atoms with van der Waals surface area (Å²) in [5.74, 6) is -0.962. The van der Waals surface area contributed by atoms with E-state index in [4.69, 9.17) is 4.74 Å². The summed E-state index contributed by atoms with van der Waals surface area (Å²) < 4.78 is 6.59. The highest BCUT2D eigenvalue weighted by molar-refractivity contribution is 5.53. The van der Waals surface area contributed by atoms with Crippen LogP contribution < -0.4 is 10.6 Å². The van der Waals surface area contributed by atoms with Gasteiger partial charge in [-0.1, -0.05) is 6.07 Å². The predicted molar refractivity (Wildman–Crippen MR) is 133 cm³/mol. The van der Waals surface area contributed by atoms with Crippen molar-refractivity contribution in [3.05, 3.63) is 69.8 Å². The van der Waals surface area contributed by atoms with Gasteiger partial charge in [-0.3, -0.25) is 4.57 Å². The van der Waals surface area contributed by atoms with E-state index in [1.54, 1.807) is 12.1 Å². The zero-order valence-electron chi connectivity index (χ0n) is 20.5. The smallest absolute Gasteiger partial charge is 0.351 e. The maximum atomic E-state index is 13.0. The minimum absolute atomic E-state index is 0.238. The molecule has 1 saturated heterocycles. The maximum Gasteiger partial charge on any atom is 0.351 e. The summed E-state index contributed by atoms with van der Waals surface area (Å²) in [6.45, 7) is 1.43. The number of ether oxygens (including phenoxy) is 1. The lowest BCUT2D eigenvalue weighted by Crippen LogP contribution is -2.46. The van der Waals surface area contributed by atoms with Crippen LogP contribution in [0.5, 0.6) is 23.0 Å². The molecule has 38 heavy (non-hydrogen) atoms. The van der Waals surface area contributed by atoms with Crippen molar-refractivity contribution < 1.29 is 40.5 Å². The molecule has 1 unspecified atom stereocenters. The SMILES string of the molecule is C[C@@]1(O)[C@H](O)[C@@H](CO)O[C@H]1n1ccc(N2Cc3cc(O)c(O)cc3C(Cc3ccc(O)c(O)c3)C2)nc1=O. The number of aromatic hydroxyl groups is 4. The van der Waals surface area contributed by atoms with Crippen LogP contribution in [0.2, 0.25) is 0 Å². The Kier molecular flexibility index (Phi) is 6.43. The molecule has 0 bridgehead atoms. The van der Waals surface area contributed by atoms with Gasteiger partial charge in [-0.25, -0.2) is 4.79 Å². The standard InChI is InChI=1S/C26H29N3O9/c1-26(37)23(35)21(12-30)38-24(26)29-5-4-22(27-25(29)36)28-10-14(6-13-2-3-17(31)18(32)7-13)16-9-20(34)19(33)8-15(16)11-28/h2-5,7-9,14,21,23-24,30-35,37H,6,10-12H2,1H3/t14?,21-,23-,24-,26-/m1/s1. The second-order valence-electron chi connectivity index (χ2n) is 10.0. The molecule has 202 valence electrons. The van der Waals surface area contributed by atoms with Crippen LogP contribution in [0.3, 0.4) is 0 Å². The summed E-state index contributed by atoms with van der Waals surface area (Å²) in [5.41, 5.74) is -0.354. The summed E-state index contributed by atoms with van der Waals surface area (Å²) in [6, 6.07) is 9.04. The molecule has 0 amide bonds. The summed E-state index contributed by atoms with van der Waals surface area (Å²) >= 11 is 0. The summed E-state index contributed by atoms with van der Waals surface area (Å²) in [7, 11) is 0. The number of aliphatic hydroxyl groups excluding tert-OH is 2. The number of phenols is 4. The number of aliphatic hydroxyl groups is 3. The molecule has 12 heteroatoms. The second-order valence-corrected chi connectivity index (χ2v) is 10.0. The number of benzene rings is 2. The van der Waals surface area contributed by atoms with Gasteiger partial charge >= 0.3 is 5.69 Å². The number of aromatic nitrogens is 2. The topological polar surface area (TPSA) is 189 Å². The number of hydrogen-bond acceptors (Lipinski definition) is 11. The molecular formula is C26H29N3O9. The molecule has 0 aliphatic carbocycles. The largest absolute Gasteiger partial charge is 0.504 e. The molecule has 12 nitrogen and oxygen atoms in total. The first-order valence-electron chi connectivity index (χ1n) is 12.1. The first-order valence-corrected chi connectivity index (χ1v) is 12.1. The van der Waals surface area contributed by atoms with Gasteiger partial charge in [-0.15, -0.1) is 0 Å². The van der Waals surface area contributed by atoms with Gasteiger partial charge in [0, 0.05) is 25.2 Å². The fourth-order valence-corrected chi connectivity index (χ4v) is 5.27. The molecule has 2 aromatic carbocycles. The highest BCUT2D eigenvalue weighted by atomic mass is 16.6. The molecule has 5 rings (SSSR count). The van der Waals surface area contributed by atoms with Crippen LogP contribution >= 0.6 is 0 Å². The Labute approximate surface area is 216 Å². The first kappa shape index (κ1) is 25.8. The normalized spacial score (nSPS) is 26.9. The van der Waals surface area contributed by atoms with Crippen LogP contribution in [0.1, 0.15) is 35.8 Å². The minimum Gasteiger partial charge on any atom is -0.504 e. The second kappa shape index (κ2) is 9.48. The lowest BCUT2D eigenvalue weighted by molar-refractivity contribution is -0.0987. The van der Waals surface area contributed by atoms with E-state index in [1.807, 2.05) is 4.90 Å². The van der Waals surface area contributed by atoms with Crippen LogP contribution in [0.25, 0.3) is 0 Å². The molecule has 1 fully saturated rings. The fourth-order valence-electron chi connectivity index (χ4n) is 5.27. The van der Waals surface area contributed by atoms with Gasteiger partial charge in [0.15, 0.2) is 29.2 Å². The van der Waals surface area contributed by atoms with Crippen LogP contribution in [0, 0.1) is 0 Å². The van der Waals surface area contributed by atoms with Gasteiger partial charge in [0.2, 0.25) is 0 Å². The number of nitrogens with zero attached hydrogens (tertiary/aromatic N) is 3. The number of phenolic OH excluding ortho intramolecular Hbond substituents is 4. The van der Waals surface area contributed by atoms with Gasteiger partial charge in [0.1, 0.15) is 23.6 Å². The predicted octanol–water partition coefficient (Wildman–Crippen LogP) is 0.414. The highest BCUT2D eigenvalue weighted by Crippen LogP contribution is 2.40. The van der Waals surface area contributed by atoms with Crippen LogP contribution in [0.15, 0.2) is 47.4 Å². The van der Waals surface area contributed by atoms with E-state index in [-0.39, 0.29) is 35.5 Å². The first-order chi connectivity index (χ1) is 18.0. The van der Waals surface area contributed by atoms with Gasteiger partial charge in [0.05, 0.1) is 6.61 Å². The molecule has 3 heterocycles. The third-order valence-corrected chi connectivity index (χ3v) is 7.33. The molecule has 1 aromatic heterocycles. The highest BCUT2D eigenvalue weighted by Gasteiger charge is 2.53. The summed E-state index contributed by atoms with van der Waals surface area (Å²) in [6.07, 6.45) is -1.93. The lowest BCUT2D eigenvalue weighted by atomic mass is 9.85. The van der Waals surface area contributed by atoms with Crippen molar-refractivity contribution in [3.8, 4) is 23.0 Å². The Balaban J connectivity index is 1.47. The van der Waals surface area contributed by atoms with Gasteiger partial charge in [-0.05, 0) is 60.4 Å². The van der Waals surface area contributed by atoms with Crippen LogP contribution in [0.4, 0.5) is 5.82 Å². The molecule has 0 radical (unpaired) electrons. The van der Waals surface area contributed by atoms with E-state index < -0.39 is 36.3 Å². The molecule has 2 aliphatic heterocycles. The summed E-state index contributed by atoms with van der Waals surface area (Å²) in [4.78, 5) is 19.0. The number of rotatable bonds is 5. The number of anilines is 1. The van der Waals surface area contributed by atoms with Gasteiger partial charge in [0.25, 0.3) is 0 Å². The number of fused-ring (bicyclic) bond motifs is 1. The van der Waals surface area contributed by atoms with E-state index >= 15 is 0 Å². The fraction of sp³-hybridized carbons (Fsp3) is 0.385. The quantitative estimate of drug-likeness (QED) is 0.228. The van der Waals surface area contributed by atoms with Crippen molar-refractivity contribution in [1.29, 1.82) is 0 Å². The Bertz CT molecular complexity index is 1420. The average molecular weight is 528 g/mol. The van der Waals surface area contributed by atoms with E-state index in [2.05, 4.69) is 4.98 Å². The van der Waals surface area contributed by atoms with Crippen molar-refractivity contribution in [2.45, 2.75) is 49.8 Å². The van der Waals surface area contributed by atoms with Gasteiger partial charge < -0.3 is 45.4 Å². The van der Waals surface area contributed by atoms with Crippen molar-refractivity contribution in [2.24, 2.45) is 0 Å². The molecular weight excluding hydrogens is 498 g/mol. The molecule has 0 spiro atoms. The van der Waals surface area contributed by atoms with Crippen LogP contribution in [-0.2, 0) is 17.7 Å². The number of hydrogen-bond donors (Lipinski definition) is 7. The van der Waals surface area contributed by atoms with Crippen molar-refractivity contribution >= 4 is 5.82 Å². The summed E-state index contributed by atoms with van der Waals surface area (Å²) in [5, 5.41) is 70.3. The zero-order valence-corrected chi connectivity index (χ0v) is 20.5. The Morgan fingerprint density at radius 3 is 2.42 bits per heavy atom. The van der Waals surface area contributed by atoms with Crippen molar-refractivity contribution in [3.63, 3.8) is 0 Å². The Morgan fingerprint density at radius 2 is 1.76 bits per heavy atom. The third-order valence-electron chi connectivity index (χ3n) is 7.33. The minimum atomic E-state index is -1.84. The molecule has 2 aliphatic rings.